The molecule has 7 heteroatoms. The molecule has 0 bridgehead atoms. The van der Waals surface area contributed by atoms with Crippen LogP contribution in [0.1, 0.15) is 33.4 Å². The molecular weight excluding hydrogens is 365 g/mol. The first-order chi connectivity index (χ1) is 11.8. The lowest BCUT2D eigenvalue weighted by molar-refractivity contribution is 0.451. The molecule has 4 nitrogen and oxygen atoms in total. The molecule has 0 fully saturated rings. The fraction of sp³-hybridized carbons (Fsp3) is 0.231. The van der Waals surface area contributed by atoms with Gasteiger partial charge in [0.2, 0.25) is 5.88 Å². The summed E-state index contributed by atoms with van der Waals surface area (Å²) in [5, 5.41) is 7.14. The number of aromatic nitrogens is 2. The lowest BCUT2D eigenvalue weighted by atomic mass is 10.1. The predicted molar refractivity (Wildman–Crippen MR) is 84.8 cm³/mol. The summed E-state index contributed by atoms with van der Waals surface area (Å²) in [6, 6.07) is 4.11. The molecule has 0 spiro atoms. The first-order valence-electron chi connectivity index (χ1n) is 8.26. The molecule has 106 valence electrons. The molecule has 1 heterocycles. The Hall–Kier alpha value is -1.04. The van der Waals surface area contributed by atoms with Crippen molar-refractivity contribution >= 4 is 44.8 Å². The zero-order valence-electron chi connectivity index (χ0n) is 15.8. The van der Waals surface area contributed by atoms with E-state index in [0.717, 1.165) is 6.07 Å². The van der Waals surface area contributed by atoms with Gasteiger partial charge in [0.25, 0.3) is 0 Å². The molecular formula is C13H12BrCl2N3O. The van der Waals surface area contributed by atoms with Crippen LogP contribution in [0.3, 0.4) is 0 Å². The summed E-state index contributed by atoms with van der Waals surface area (Å²) < 4.78 is 51.2. The third-order valence-electron chi connectivity index (χ3n) is 2.29. The van der Waals surface area contributed by atoms with Crippen molar-refractivity contribution in [2.45, 2.75) is 19.6 Å². The van der Waals surface area contributed by atoms with E-state index in [2.05, 4.69) is 26.1 Å². The molecule has 20 heavy (non-hydrogen) atoms. The minimum absolute atomic E-state index is 0.155. The molecule has 0 unspecified atom stereocenters. The van der Waals surface area contributed by atoms with Crippen LogP contribution < -0.4 is 10.5 Å². The molecule has 0 aliphatic heterocycles. The topological polar surface area (TPSA) is 61.0 Å². The highest BCUT2D eigenvalue weighted by Crippen LogP contribution is 2.38. The van der Waals surface area contributed by atoms with Crippen LogP contribution in [0.2, 0.25) is 10.2 Å². The first kappa shape index (κ1) is 9.07. The summed E-state index contributed by atoms with van der Waals surface area (Å²) in [7, 11) is 0. The van der Waals surface area contributed by atoms with Crippen molar-refractivity contribution in [3.63, 3.8) is 0 Å². The van der Waals surface area contributed by atoms with E-state index in [1.807, 2.05) is 0 Å². The summed E-state index contributed by atoms with van der Waals surface area (Å²) in [6.07, 6.45) is 0. The minimum atomic E-state index is -2.84. The maximum atomic E-state index is 7.55. The van der Waals surface area contributed by atoms with Gasteiger partial charge in [0.1, 0.15) is 0 Å². The van der Waals surface area contributed by atoms with Crippen LogP contribution in [0.4, 0.5) is 5.69 Å². The quantitative estimate of drug-likeness (QED) is 0.755. The third kappa shape index (κ3) is 3.34. The molecule has 2 aromatic rings. The minimum Gasteiger partial charge on any atom is -0.435 e. The Labute approximate surface area is 143 Å². The molecule has 0 aliphatic carbocycles. The van der Waals surface area contributed by atoms with Crippen molar-refractivity contribution in [3.8, 4) is 11.6 Å². The molecule has 0 amide bonds. The van der Waals surface area contributed by atoms with Crippen LogP contribution in [-0.2, 0) is 0 Å². The van der Waals surface area contributed by atoms with Crippen LogP contribution in [0.15, 0.2) is 22.7 Å². The molecule has 1 aromatic heterocycles. The highest BCUT2D eigenvalue weighted by atomic mass is 79.9. The van der Waals surface area contributed by atoms with Gasteiger partial charge in [-0.2, -0.15) is 0 Å². The highest BCUT2D eigenvalue weighted by Gasteiger charge is 2.14. The van der Waals surface area contributed by atoms with Crippen molar-refractivity contribution in [1.82, 2.24) is 10.2 Å². The van der Waals surface area contributed by atoms with Crippen molar-refractivity contribution in [3.05, 3.63) is 38.4 Å². The molecule has 0 aliphatic rings. The number of ether oxygens (including phenoxy) is 1. The second-order valence-corrected chi connectivity index (χ2v) is 5.40. The molecule has 2 rings (SSSR count). The number of hydrogen-bond donors (Lipinski definition) is 1. The van der Waals surface area contributed by atoms with E-state index in [9.17, 15) is 0 Å². The fourth-order valence-corrected chi connectivity index (χ4v) is 2.55. The number of nitrogens with zero attached hydrogens (tertiary/aromatic N) is 2. The van der Waals surface area contributed by atoms with Crippen LogP contribution in [0.5, 0.6) is 11.6 Å². The summed E-state index contributed by atoms with van der Waals surface area (Å²) in [5.41, 5.74) is 5.83. The number of benzene rings is 1. The molecule has 2 N–H and O–H groups in total. The Morgan fingerprint density at radius 1 is 1.30 bits per heavy atom. The summed E-state index contributed by atoms with van der Waals surface area (Å²) in [6.45, 7) is -5.68. The highest BCUT2D eigenvalue weighted by molar-refractivity contribution is 9.10. The van der Waals surface area contributed by atoms with E-state index in [-0.39, 0.29) is 27.4 Å². The van der Waals surface area contributed by atoms with Crippen LogP contribution in [0, 0.1) is 0 Å². The lowest BCUT2D eigenvalue weighted by Crippen LogP contribution is -1.98. The second kappa shape index (κ2) is 6.16. The number of anilines is 1. The molecule has 0 atom stereocenters. The normalized spacial score (nSPS) is 16.6. The summed E-state index contributed by atoms with van der Waals surface area (Å²) in [5.74, 6) is -1.87. The Morgan fingerprint density at radius 3 is 2.70 bits per heavy atom. The maximum absolute atomic E-state index is 7.55. The van der Waals surface area contributed by atoms with Crippen molar-refractivity contribution in [2.24, 2.45) is 0 Å². The fourth-order valence-electron chi connectivity index (χ4n) is 1.41. The van der Waals surface area contributed by atoms with Gasteiger partial charge < -0.3 is 10.5 Å². The van der Waals surface area contributed by atoms with Gasteiger partial charge in [0.15, 0.2) is 10.9 Å². The average Bonchev–Trinajstić information content (AvgIpc) is 2.43. The van der Waals surface area contributed by atoms with Gasteiger partial charge in [-0.1, -0.05) is 36.9 Å². The number of nitrogens with two attached hydrogens (primary N) is 1. The second-order valence-electron chi connectivity index (χ2n) is 3.78. The summed E-state index contributed by atoms with van der Waals surface area (Å²) in [4.78, 5) is 0. The zero-order chi connectivity index (χ0) is 19.9. The molecule has 1 aromatic carbocycles. The van der Waals surface area contributed by atoms with Crippen LogP contribution >= 0.6 is 39.1 Å². The van der Waals surface area contributed by atoms with E-state index in [0.29, 0.717) is 10.2 Å². The largest absolute Gasteiger partial charge is 0.435 e. The van der Waals surface area contributed by atoms with E-state index in [1.165, 1.54) is 6.07 Å². The number of halogens is 3. The monoisotopic (exact) mass is 381 g/mol. The zero-order valence-corrected chi connectivity index (χ0v) is 12.9. The van der Waals surface area contributed by atoms with E-state index < -0.39 is 19.6 Å². The van der Waals surface area contributed by atoms with Gasteiger partial charge in [-0.3, -0.25) is 0 Å². The maximum Gasteiger partial charge on any atom is 0.239 e. The van der Waals surface area contributed by atoms with Gasteiger partial charge in [-0.15, -0.1) is 10.2 Å². The standard InChI is InChI=1S/C13H12BrCl2N3O/c1-6(2)8-5-11(18-19-13(8)16)20-12-9(14)3-7(17)4-10(12)15/h3-6H,17H2,1-2H3/i1D3,2D3. The molecule has 0 saturated heterocycles. The Bertz CT molecular complexity index is 793. The van der Waals surface area contributed by atoms with Gasteiger partial charge in [0, 0.05) is 20.0 Å². The van der Waals surface area contributed by atoms with E-state index in [4.69, 9.17) is 41.9 Å². The van der Waals surface area contributed by atoms with E-state index in [1.54, 1.807) is 6.07 Å². The SMILES string of the molecule is [2H]C([2H])([2H])C(c1cc(Oc2c(Cl)cc(N)cc2Br)nnc1Cl)C([2H])([2H])[2H]. The van der Waals surface area contributed by atoms with Crippen molar-refractivity contribution in [2.75, 3.05) is 5.73 Å². The Balaban J connectivity index is 2.51. The molecule has 0 saturated carbocycles. The third-order valence-corrected chi connectivity index (χ3v) is 3.46. The number of nitrogen functional groups attached to an aromatic ring is 1. The van der Waals surface area contributed by atoms with E-state index >= 15 is 0 Å². The first-order valence-corrected chi connectivity index (χ1v) is 6.81. The predicted octanol–water partition coefficient (Wildman–Crippen LogP) is 5.04. The smallest absolute Gasteiger partial charge is 0.239 e. The Kier molecular flexibility index (Phi) is 2.79. The van der Waals surface area contributed by atoms with Gasteiger partial charge in [0.05, 0.1) is 9.50 Å². The van der Waals surface area contributed by atoms with Crippen molar-refractivity contribution < 1.29 is 13.0 Å². The van der Waals surface area contributed by atoms with Gasteiger partial charge in [-0.25, -0.2) is 0 Å². The van der Waals surface area contributed by atoms with Gasteiger partial charge >= 0.3 is 0 Å². The molecule has 0 radical (unpaired) electrons. The van der Waals surface area contributed by atoms with Crippen LogP contribution in [0.25, 0.3) is 0 Å². The van der Waals surface area contributed by atoms with Gasteiger partial charge in [-0.05, 0) is 39.5 Å². The Morgan fingerprint density at radius 2 is 2.05 bits per heavy atom. The number of rotatable bonds is 3. The number of hydrogen-bond acceptors (Lipinski definition) is 4. The lowest BCUT2D eigenvalue weighted by Gasteiger charge is -2.12. The van der Waals surface area contributed by atoms with Crippen LogP contribution in [-0.4, -0.2) is 10.2 Å². The summed E-state index contributed by atoms with van der Waals surface area (Å²) >= 11 is 15.2. The average molecular weight is 383 g/mol. The van der Waals surface area contributed by atoms with Crippen molar-refractivity contribution in [1.29, 1.82) is 0 Å².